The zero-order valence-corrected chi connectivity index (χ0v) is 18.2. The van der Waals surface area contributed by atoms with Gasteiger partial charge in [0.1, 0.15) is 30.5 Å². The van der Waals surface area contributed by atoms with Gasteiger partial charge in [-0.25, -0.2) is 4.39 Å². The fraction of sp³-hybridized carbons (Fsp3) is 0.154. The molecule has 0 aliphatic carbocycles. The van der Waals surface area contributed by atoms with Gasteiger partial charge in [0.25, 0.3) is 11.7 Å². The molecule has 1 unspecified atom stereocenters. The lowest BCUT2D eigenvalue weighted by Crippen LogP contribution is -2.29. The van der Waals surface area contributed by atoms with Crippen molar-refractivity contribution in [3.05, 3.63) is 89.2 Å². The lowest BCUT2D eigenvalue weighted by molar-refractivity contribution is -0.132. The summed E-state index contributed by atoms with van der Waals surface area (Å²) in [5, 5.41) is 11.3. The molecule has 172 valence electrons. The van der Waals surface area contributed by atoms with Gasteiger partial charge in [-0.05, 0) is 48.5 Å². The second kappa shape index (κ2) is 8.55. The summed E-state index contributed by atoms with van der Waals surface area (Å²) in [7, 11) is 1.48. The number of hydrogen-bond acceptors (Lipinski definition) is 6. The van der Waals surface area contributed by atoms with Crippen molar-refractivity contribution in [1.29, 1.82) is 0 Å². The fourth-order valence-corrected chi connectivity index (χ4v) is 4.23. The molecule has 0 spiro atoms. The van der Waals surface area contributed by atoms with Crippen LogP contribution in [0.2, 0.25) is 0 Å². The van der Waals surface area contributed by atoms with E-state index in [-0.39, 0.29) is 11.3 Å². The van der Waals surface area contributed by atoms with E-state index in [4.69, 9.17) is 14.2 Å². The number of Topliss-reactive ketones (excluding diaryl/α,β-unsaturated/α-hetero) is 1. The van der Waals surface area contributed by atoms with E-state index in [1.807, 2.05) is 0 Å². The first-order valence-corrected chi connectivity index (χ1v) is 10.6. The van der Waals surface area contributed by atoms with Gasteiger partial charge in [-0.3, -0.25) is 14.5 Å². The maximum absolute atomic E-state index is 13.6. The van der Waals surface area contributed by atoms with E-state index >= 15 is 0 Å². The van der Waals surface area contributed by atoms with E-state index in [0.29, 0.717) is 47.3 Å². The van der Waals surface area contributed by atoms with Crippen LogP contribution in [0.25, 0.3) is 5.76 Å². The van der Waals surface area contributed by atoms with Crippen LogP contribution in [0.3, 0.4) is 0 Å². The van der Waals surface area contributed by atoms with Gasteiger partial charge in [0.05, 0.1) is 18.7 Å². The van der Waals surface area contributed by atoms with Gasteiger partial charge in [0.15, 0.2) is 11.5 Å². The molecule has 0 bridgehead atoms. The first-order valence-electron chi connectivity index (χ1n) is 10.6. The van der Waals surface area contributed by atoms with Gasteiger partial charge in [-0.1, -0.05) is 18.2 Å². The molecule has 3 aromatic rings. The predicted octanol–water partition coefficient (Wildman–Crippen LogP) is 4.23. The van der Waals surface area contributed by atoms with Crippen LogP contribution < -0.4 is 19.1 Å². The number of rotatable bonds is 4. The van der Waals surface area contributed by atoms with Crippen LogP contribution in [0, 0.1) is 5.82 Å². The largest absolute Gasteiger partial charge is 0.507 e. The van der Waals surface area contributed by atoms with Gasteiger partial charge in [0, 0.05) is 16.8 Å². The molecule has 3 aromatic carbocycles. The molecule has 0 aromatic heterocycles. The summed E-state index contributed by atoms with van der Waals surface area (Å²) >= 11 is 0. The zero-order chi connectivity index (χ0) is 23.8. The highest BCUT2D eigenvalue weighted by atomic mass is 19.1. The van der Waals surface area contributed by atoms with Crippen LogP contribution in [0.1, 0.15) is 17.2 Å². The lowest BCUT2D eigenvalue weighted by Gasteiger charge is -2.26. The standard InChI is InChI=1S/C26H20FNO6/c1-32-19-5-3-2-4-18(19)23-22(24(29)15-6-11-20-21(14-15)34-13-12-33-20)25(30)26(31)28(23)17-9-7-16(27)8-10-17/h2-11,14,23,29H,12-13H2,1H3/b24-22+. The minimum absolute atomic E-state index is 0.115. The highest BCUT2D eigenvalue weighted by Crippen LogP contribution is 2.45. The summed E-state index contributed by atoms with van der Waals surface area (Å²) < 4.78 is 30.2. The van der Waals surface area contributed by atoms with Crippen LogP contribution in [-0.2, 0) is 9.59 Å². The van der Waals surface area contributed by atoms with Crippen molar-refractivity contribution in [2.24, 2.45) is 0 Å². The topological polar surface area (TPSA) is 85.3 Å². The van der Waals surface area contributed by atoms with Crippen molar-refractivity contribution in [3.8, 4) is 17.2 Å². The van der Waals surface area contributed by atoms with Crippen molar-refractivity contribution in [3.63, 3.8) is 0 Å². The third-order valence-corrected chi connectivity index (χ3v) is 5.80. The molecule has 5 rings (SSSR count). The predicted molar refractivity (Wildman–Crippen MR) is 122 cm³/mol. The summed E-state index contributed by atoms with van der Waals surface area (Å²) in [6.07, 6.45) is 0. The van der Waals surface area contributed by atoms with Crippen molar-refractivity contribution in [1.82, 2.24) is 0 Å². The number of ether oxygens (including phenoxy) is 3. The number of carbonyl (C=O) groups is 2. The maximum Gasteiger partial charge on any atom is 0.300 e. The SMILES string of the molecule is COc1ccccc1C1/C(=C(\O)c2ccc3c(c2)OCCO3)C(=O)C(=O)N1c1ccc(F)cc1. The average molecular weight is 461 g/mol. The van der Waals surface area contributed by atoms with Crippen LogP contribution in [-0.4, -0.2) is 37.1 Å². The van der Waals surface area contributed by atoms with E-state index in [1.165, 1.54) is 36.3 Å². The van der Waals surface area contributed by atoms with Gasteiger partial charge >= 0.3 is 0 Å². The minimum Gasteiger partial charge on any atom is -0.507 e. The number of aliphatic hydroxyl groups excluding tert-OH is 1. The molecule has 1 fully saturated rings. The fourth-order valence-electron chi connectivity index (χ4n) is 4.23. The van der Waals surface area contributed by atoms with Crippen LogP contribution >= 0.6 is 0 Å². The Labute approximate surface area is 194 Å². The highest BCUT2D eigenvalue weighted by Gasteiger charge is 2.48. The molecule has 0 saturated carbocycles. The number of fused-ring (bicyclic) bond motifs is 1. The van der Waals surface area contributed by atoms with Gasteiger partial charge in [-0.2, -0.15) is 0 Å². The third-order valence-electron chi connectivity index (χ3n) is 5.80. The summed E-state index contributed by atoms with van der Waals surface area (Å²) in [4.78, 5) is 27.7. The van der Waals surface area contributed by atoms with Crippen LogP contribution in [0.4, 0.5) is 10.1 Å². The molecule has 1 N–H and O–H groups in total. The molecule has 7 nitrogen and oxygen atoms in total. The number of nitrogens with zero attached hydrogens (tertiary/aromatic N) is 1. The number of anilines is 1. The molecule has 8 heteroatoms. The summed E-state index contributed by atoms with van der Waals surface area (Å²) in [6, 6.07) is 15.9. The van der Waals surface area contributed by atoms with E-state index in [9.17, 15) is 19.1 Å². The molecular weight excluding hydrogens is 441 g/mol. The molecular formula is C26H20FNO6. The first-order chi connectivity index (χ1) is 16.5. The highest BCUT2D eigenvalue weighted by molar-refractivity contribution is 6.51. The van der Waals surface area contributed by atoms with Crippen molar-refractivity contribution < 1.29 is 33.3 Å². The van der Waals surface area contributed by atoms with Crippen LogP contribution in [0.5, 0.6) is 17.2 Å². The normalized spacial score (nSPS) is 18.8. The third kappa shape index (κ3) is 3.53. The summed E-state index contributed by atoms with van der Waals surface area (Å²) in [6.45, 7) is 0.766. The van der Waals surface area contributed by atoms with E-state index < -0.39 is 23.5 Å². The van der Waals surface area contributed by atoms with E-state index in [1.54, 1.807) is 42.5 Å². The second-order valence-electron chi connectivity index (χ2n) is 7.75. The second-order valence-corrected chi connectivity index (χ2v) is 7.75. The number of halogens is 1. The summed E-state index contributed by atoms with van der Waals surface area (Å²) in [5.74, 6) is -1.18. The lowest BCUT2D eigenvalue weighted by atomic mass is 9.94. The number of benzene rings is 3. The number of amides is 1. The Balaban J connectivity index is 1.72. The van der Waals surface area contributed by atoms with Gasteiger partial charge in [0.2, 0.25) is 0 Å². The Morgan fingerprint density at radius 1 is 1.00 bits per heavy atom. The minimum atomic E-state index is -1.00. The van der Waals surface area contributed by atoms with Crippen LogP contribution in [0.15, 0.2) is 72.3 Å². The molecule has 0 radical (unpaired) electrons. The maximum atomic E-state index is 13.6. The Kier molecular flexibility index (Phi) is 5.41. The van der Waals surface area contributed by atoms with E-state index in [2.05, 4.69) is 0 Å². The number of aliphatic hydroxyl groups is 1. The van der Waals surface area contributed by atoms with Crippen molar-refractivity contribution in [2.75, 3.05) is 25.2 Å². The van der Waals surface area contributed by atoms with Crippen molar-refractivity contribution >= 4 is 23.1 Å². The number of hydrogen-bond donors (Lipinski definition) is 1. The smallest absolute Gasteiger partial charge is 0.300 e. The van der Waals surface area contributed by atoms with Crippen molar-refractivity contribution in [2.45, 2.75) is 6.04 Å². The van der Waals surface area contributed by atoms with E-state index in [0.717, 1.165) is 0 Å². The Hall–Kier alpha value is -4.33. The van der Waals surface area contributed by atoms with Gasteiger partial charge in [-0.15, -0.1) is 0 Å². The average Bonchev–Trinajstić information content (AvgIpc) is 3.13. The number of methoxy groups -OCH3 is 1. The monoisotopic (exact) mass is 461 g/mol. The molecule has 2 aliphatic rings. The number of carbonyl (C=O) groups excluding carboxylic acids is 2. The molecule has 1 amide bonds. The number of ketones is 1. The molecule has 2 aliphatic heterocycles. The quantitative estimate of drug-likeness (QED) is 0.356. The molecule has 1 atom stereocenters. The number of para-hydroxylation sites is 1. The Morgan fingerprint density at radius 3 is 2.44 bits per heavy atom. The Bertz CT molecular complexity index is 1320. The molecule has 34 heavy (non-hydrogen) atoms. The molecule has 2 heterocycles. The molecule has 1 saturated heterocycles. The Morgan fingerprint density at radius 2 is 1.71 bits per heavy atom. The van der Waals surface area contributed by atoms with Gasteiger partial charge < -0.3 is 19.3 Å². The zero-order valence-electron chi connectivity index (χ0n) is 18.2. The summed E-state index contributed by atoms with van der Waals surface area (Å²) in [5.41, 5.74) is 0.977. The first kappa shape index (κ1) is 21.5.